The lowest BCUT2D eigenvalue weighted by Gasteiger charge is -2.21. The third kappa shape index (κ3) is 75.0. The normalized spacial score (nSPS) is 14.1. The van der Waals surface area contributed by atoms with E-state index in [2.05, 4.69) is 76.3 Å². The minimum atomic E-state index is -4.98. The van der Waals surface area contributed by atoms with Crippen LogP contribution in [-0.2, 0) is 65.4 Å². The van der Waals surface area contributed by atoms with Gasteiger partial charge in [0.15, 0.2) is 12.2 Å². The predicted octanol–water partition coefficient (Wildman–Crippen LogP) is 24.2. The van der Waals surface area contributed by atoms with E-state index in [9.17, 15) is 43.2 Å². The molecule has 0 saturated carbocycles. The molecule has 596 valence electrons. The van der Waals surface area contributed by atoms with Gasteiger partial charge in [-0.2, -0.15) is 0 Å². The van der Waals surface area contributed by atoms with E-state index in [-0.39, 0.29) is 25.7 Å². The molecule has 17 nitrogen and oxygen atoms in total. The van der Waals surface area contributed by atoms with Gasteiger partial charge in [-0.25, -0.2) is 9.13 Å². The molecule has 0 rings (SSSR count). The summed E-state index contributed by atoms with van der Waals surface area (Å²) in [5.41, 5.74) is 0. The summed E-state index contributed by atoms with van der Waals surface area (Å²) < 4.78 is 68.6. The van der Waals surface area contributed by atoms with E-state index in [0.29, 0.717) is 32.1 Å². The number of esters is 4. The number of hydrogen-bond donors (Lipinski definition) is 3. The predicted molar refractivity (Wildman–Crippen MR) is 418 cm³/mol. The maximum atomic E-state index is 13.1. The van der Waals surface area contributed by atoms with Crippen LogP contribution in [0, 0.1) is 0 Å². The first-order valence-electron chi connectivity index (χ1n) is 41.5. The third-order valence-corrected chi connectivity index (χ3v) is 19.9. The fraction of sp³-hybridized carbons (Fsp3) is 0.831. The van der Waals surface area contributed by atoms with Gasteiger partial charge in [0.2, 0.25) is 0 Å². The van der Waals surface area contributed by atoms with Crippen molar-refractivity contribution in [2.45, 2.75) is 406 Å². The Morgan fingerprint density at radius 1 is 0.275 bits per heavy atom. The van der Waals surface area contributed by atoms with Crippen molar-refractivity contribution in [3.8, 4) is 0 Å². The zero-order chi connectivity index (χ0) is 74.6. The Kier molecular flexibility index (Phi) is 73.6. The Bertz CT molecular complexity index is 2170. The maximum Gasteiger partial charge on any atom is 0.472 e. The molecule has 0 radical (unpaired) electrons. The summed E-state index contributed by atoms with van der Waals surface area (Å²) in [5, 5.41) is 10.6. The molecule has 19 heteroatoms. The van der Waals surface area contributed by atoms with E-state index in [0.717, 1.165) is 96.3 Å². The molecule has 0 amide bonds. The number of phosphoric acid groups is 2. The quantitative estimate of drug-likeness (QED) is 0.0169. The molecule has 0 aromatic carbocycles. The molecule has 5 atom stereocenters. The van der Waals surface area contributed by atoms with Crippen molar-refractivity contribution in [3.63, 3.8) is 0 Å². The molecule has 0 saturated heterocycles. The van der Waals surface area contributed by atoms with Crippen molar-refractivity contribution >= 4 is 39.5 Å². The van der Waals surface area contributed by atoms with Crippen LogP contribution < -0.4 is 0 Å². The Balaban J connectivity index is 5.36. The third-order valence-electron chi connectivity index (χ3n) is 18.0. The van der Waals surface area contributed by atoms with Crippen LogP contribution in [0.5, 0.6) is 0 Å². The zero-order valence-electron chi connectivity index (χ0n) is 65.3. The summed E-state index contributed by atoms with van der Waals surface area (Å²) in [4.78, 5) is 73.0. The largest absolute Gasteiger partial charge is 0.472 e. The SMILES string of the molecule is CCCCC/C=C\C/C=C\C/C=C\C/C=C\C/C=C\CCC(=O)OC[C@H](COP(=O)(O)OC[C@@H](O)COP(=O)(O)OC[C@@H](COC(=O)CCCCCCCCCCCCCCCCC)OC(=O)CCCCCCCCCCCCCCC)OC(=O)CCCCCCCCCCCCCCCCC. The van der Waals surface area contributed by atoms with Gasteiger partial charge < -0.3 is 33.8 Å². The van der Waals surface area contributed by atoms with Crippen molar-refractivity contribution in [2.24, 2.45) is 0 Å². The van der Waals surface area contributed by atoms with Gasteiger partial charge in [0.25, 0.3) is 0 Å². The molecular formula is C83H152O17P2. The van der Waals surface area contributed by atoms with Crippen molar-refractivity contribution in [3.05, 3.63) is 60.8 Å². The second kappa shape index (κ2) is 76.0. The van der Waals surface area contributed by atoms with Gasteiger partial charge in [-0.3, -0.25) is 37.3 Å². The molecule has 2 unspecified atom stereocenters. The summed E-state index contributed by atoms with van der Waals surface area (Å²) in [6.45, 7) is 4.86. The van der Waals surface area contributed by atoms with Crippen LogP contribution in [0.1, 0.15) is 387 Å². The number of carbonyl (C=O) groups is 4. The van der Waals surface area contributed by atoms with E-state index in [1.165, 1.54) is 205 Å². The number of carbonyl (C=O) groups excluding carboxylic acids is 4. The van der Waals surface area contributed by atoms with Gasteiger partial charge in [0.1, 0.15) is 19.3 Å². The van der Waals surface area contributed by atoms with E-state index < -0.39 is 97.5 Å². The minimum absolute atomic E-state index is 0.0434. The van der Waals surface area contributed by atoms with Crippen LogP contribution in [0.3, 0.4) is 0 Å². The molecule has 0 bridgehead atoms. The number of hydrogen-bond acceptors (Lipinski definition) is 15. The fourth-order valence-corrected chi connectivity index (χ4v) is 13.3. The molecular weight excluding hydrogens is 1330 g/mol. The second-order valence-electron chi connectivity index (χ2n) is 28.1. The number of ether oxygens (including phenoxy) is 4. The Labute approximate surface area is 622 Å². The number of aliphatic hydroxyl groups is 1. The Morgan fingerprint density at radius 3 is 0.794 bits per heavy atom. The molecule has 0 aliphatic carbocycles. The smallest absolute Gasteiger partial charge is 0.462 e. The molecule has 102 heavy (non-hydrogen) atoms. The topological polar surface area (TPSA) is 237 Å². The molecule has 0 spiro atoms. The van der Waals surface area contributed by atoms with Crippen LogP contribution >= 0.6 is 15.6 Å². The van der Waals surface area contributed by atoms with Crippen LogP contribution in [0.15, 0.2) is 60.8 Å². The van der Waals surface area contributed by atoms with Gasteiger partial charge in [-0.15, -0.1) is 0 Å². The van der Waals surface area contributed by atoms with Crippen molar-refractivity contribution < 1.29 is 80.2 Å². The number of unbranched alkanes of at least 4 members (excludes halogenated alkanes) is 43. The average Bonchev–Trinajstić information content (AvgIpc) is 0.924. The van der Waals surface area contributed by atoms with Gasteiger partial charge in [0, 0.05) is 25.7 Å². The van der Waals surface area contributed by atoms with Crippen LogP contribution in [0.2, 0.25) is 0 Å². The maximum absolute atomic E-state index is 13.1. The summed E-state index contributed by atoms with van der Waals surface area (Å²) in [5.74, 6) is -2.23. The van der Waals surface area contributed by atoms with Gasteiger partial charge >= 0.3 is 39.5 Å². The van der Waals surface area contributed by atoms with Gasteiger partial charge in [-0.05, 0) is 64.2 Å². The molecule has 0 heterocycles. The first-order chi connectivity index (χ1) is 49.7. The van der Waals surface area contributed by atoms with Crippen LogP contribution in [-0.4, -0.2) is 96.7 Å². The molecule has 0 aliphatic rings. The van der Waals surface area contributed by atoms with E-state index in [4.69, 9.17) is 37.0 Å². The highest BCUT2D eigenvalue weighted by molar-refractivity contribution is 7.47. The summed E-state index contributed by atoms with van der Waals surface area (Å²) in [6.07, 6.45) is 76.3. The molecule has 0 aromatic heterocycles. The lowest BCUT2D eigenvalue weighted by molar-refractivity contribution is -0.161. The molecule has 0 aliphatic heterocycles. The van der Waals surface area contributed by atoms with Crippen molar-refractivity contribution in [1.82, 2.24) is 0 Å². The Morgan fingerprint density at radius 2 is 0.500 bits per heavy atom. The summed E-state index contributed by atoms with van der Waals surface area (Å²) >= 11 is 0. The summed E-state index contributed by atoms with van der Waals surface area (Å²) in [7, 11) is -9.95. The molecule has 0 aromatic rings. The molecule has 0 fully saturated rings. The fourth-order valence-electron chi connectivity index (χ4n) is 11.7. The highest BCUT2D eigenvalue weighted by Crippen LogP contribution is 2.45. The second-order valence-corrected chi connectivity index (χ2v) is 31.0. The standard InChI is InChI=1S/C83H152O17P2/c1-5-9-13-17-21-25-29-33-36-37-38-39-42-45-48-52-56-60-64-68-81(86)94-74-79(100-83(88)70-66-62-58-54-50-46-41-35-31-27-23-19-15-11-7-3)76-98-102(91,92)96-72-77(84)71-95-101(89,90)97-75-78(99-82(87)69-65-61-57-53-49-43-32-28-24-20-16-12-8-4)73-93-80(85)67-63-59-55-51-47-44-40-34-30-26-22-18-14-10-6-2/h21,25,33,36,38-39,45,48,56,60,77-79,84H,5-20,22-24,26-32,34-35,37,40-44,46-47,49-55,57-59,61-76H2,1-4H3,(H,89,90)(H,91,92)/b25-21-,36-33-,39-38-,48-45-,60-56-/t77-,78+,79+/m0/s1. The molecule has 3 N–H and O–H groups in total. The number of allylic oxidation sites excluding steroid dienone is 10. The van der Waals surface area contributed by atoms with E-state index in [1.807, 2.05) is 12.2 Å². The first-order valence-corrected chi connectivity index (χ1v) is 44.5. The monoisotopic (exact) mass is 1480 g/mol. The van der Waals surface area contributed by atoms with E-state index in [1.54, 1.807) is 0 Å². The number of phosphoric ester groups is 2. The van der Waals surface area contributed by atoms with Crippen molar-refractivity contribution in [1.29, 1.82) is 0 Å². The highest BCUT2D eigenvalue weighted by atomic mass is 31.2. The van der Waals surface area contributed by atoms with Crippen LogP contribution in [0.4, 0.5) is 0 Å². The van der Waals surface area contributed by atoms with Crippen LogP contribution in [0.25, 0.3) is 0 Å². The average molecular weight is 1480 g/mol. The number of rotatable bonds is 79. The number of aliphatic hydroxyl groups excluding tert-OH is 1. The lowest BCUT2D eigenvalue weighted by atomic mass is 10.0. The van der Waals surface area contributed by atoms with E-state index >= 15 is 0 Å². The summed E-state index contributed by atoms with van der Waals surface area (Å²) in [6, 6.07) is 0. The van der Waals surface area contributed by atoms with Gasteiger partial charge in [-0.1, -0.05) is 358 Å². The highest BCUT2D eigenvalue weighted by Gasteiger charge is 2.30. The first kappa shape index (κ1) is 98.8. The van der Waals surface area contributed by atoms with Crippen molar-refractivity contribution in [2.75, 3.05) is 39.6 Å². The van der Waals surface area contributed by atoms with Gasteiger partial charge in [0.05, 0.1) is 26.4 Å². The zero-order valence-corrected chi connectivity index (χ0v) is 67.1. The lowest BCUT2D eigenvalue weighted by Crippen LogP contribution is -2.30. The Hall–Kier alpha value is -3.24. The minimum Gasteiger partial charge on any atom is -0.462 e.